The molecule has 0 aromatic heterocycles. The number of rotatable bonds is 1. The lowest BCUT2D eigenvalue weighted by Crippen LogP contribution is -2.26. The van der Waals surface area contributed by atoms with E-state index in [0.29, 0.717) is 5.56 Å². The van der Waals surface area contributed by atoms with E-state index in [1.165, 1.54) is 0 Å². The normalized spacial score (nSPS) is 19.1. The second kappa shape index (κ2) is 3.18. The highest BCUT2D eigenvalue weighted by molar-refractivity contribution is 7.99. The first-order valence-electron chi connectivity index (χ1n) is 4.09. The summed E-state index contributed by atoms with van der Waals surface area (Å²) in [5.41, 5.74) is 0.377. The van der Waals surface area contributed by atoms with Gasteiger partial charge < -0.3 is 0 Å². The number of hydrogen-bond acceptors (Lipinski definition) is 4. The number of hydrogen-bond donors (Lipinski definition) is 1. The number of carbonyl (C=O) groups is 1. The molecule has 1 amide bonds. The average molecular weight is 225 g/mol. The maximum absolute atomic E-state index is 11.5. The van der Waals surface area contributed by atoms with Crippen molar-refractivity contribution >= 4 is 20.8 Å². The number of amides is 1. The van der Waals surface area contributed by atoms with Crippen LogP contribution in [0.1, 0.15) is 5.56 Å². The van der Waals surface area contributed by atoms with Crippen molar-refractivity contribution in [2.24, 2.45) is 0 Å². The summed E-state index contributed by atoms with van der Waals surface area (Å²) in [5.74, 6) is -0.950. The van der Waals surface area contributed by atoms with Gasteiger partial charge >= 0.3 is 0 Å². The Kier molecular flexibility index (Phi) is 2.09. The summed E-state index contributed by atoms with van der Waals surface area (Å²) in [6, 6.07) is 8.13. The molecule has 0 fully saturated rings. The van der Waals surface area contributed by atoms with Crippen molar-refractivity contribution in [3.05, 3.63) is 42.0 Å². The van der Waals surface area contributed by atoms with Gasteiger partial charge in [0.15, 0.2) is 0 Å². The van der Waals surface area contributed by atoms with Gasteiger partial charge in [0.2, 0.25) is 0 Å². The molecule has 2 rings (SSSR count). The van der Waals surface area contributed by atoms with Gasteiger partial charge in [0.25, 0.3) is 15.9 Å². The van der Waals surface area contributed by atoms with Gasteiger partial charge in [-0.05, 0) is 5.56 Å². The molecule has 0 bridgehead atoms. The molecule has 1 aromatic carbocycles. The smallest absolute Gasteiger partial charge is 0.271 e. The molecule has 0 spiro atoms. The first-order valence-corrected chi connectivity index (χ1v) is 5.53. The zero-order chi connectivity index (χ0) is 11.1. The second-order valence-corrected chi connectivity index (χ2v) is 4.70. The molecule has 1 aromatic rings. The van der Waals surface area contributed by atoms with Gasteiger partial charge in [0.05, 0.1) is 0 Å². The van der Waals surface area contributed by atoms with Crippen LogP contribution in [-0.4, -0.2) is 24.0 Å². The van der Waals surface area contributed by atoms with E-state index < -0.39 is 15.9 Å². The van der Waals surface area contributed by atoms with Gasteiger partial charge in [-0.2, -0.15) is 8.42 Å². The molecule has 0 aliphatic carbocycles. The Bertz CT molecular complexity index is 532. The fourth-order valence-electron chi connectivity index (χ4n) is 1.29. The lowest BCUT2D eigenvalue weighted by Gasteiger charge is -2.07. The Hall–Kier alpha value is -1.66. The summed E-state index contributed by atoms with van der Waals surface area (Å²) in [5, 5.41) is 9.00. The lowest BCUT2D eigenvalue weighted by molar-refractivity contribution is -0.139. The fourth-order valence-corrected chi connectivity index (χ4v) is 2.45. The third kappa shape index (κ3) is 1.43. The van der Waals surface area contributed by atoms with Gasteiger partial charge in [-0.15, -0.1) is 4.47 Å². The minimum Gasteiger partial charge on any atom is -0.271 e. The molecular formula is C9H7NO4S. The maximum atomic E-state index is 11.5. The van der Waals surface area contributed by atoms with Crippen LogP contribution < -0.4 is 0 Å². The molecule has 78 valence electrons. The van der Waals surface area contributed by atoms with E-state index in [9.17, 15) is 13.2 Å². The van der Waals surface area contributed by atoms with E-state index >= 15 is 0 Å². The molecule has 6 heteroatoms. The van der Waals surface area contributed by atoms with Crippen molar-refractivity contribution in [2.75, 3.05) is 0 Å². The molecule has 1 aliphatic rings. The van der Waals surface area contributed by atoms with Crippen molar-refractivity contribution in [2.45, 2.75) is 0 Å². The average Bonchev–Trinajstić information content (AvgIpc) is 2.43. The minimum atomic E-state index is -4.07. The molecule has 0 atom stereocenters. The first-order chi connectivity index (χ1) is 7.03. The number of nitrogens with zero attached hydrogens (tertiary/aromatic N) is 1. The molecule has 0 saturated carbocycles. The van der Waals surface area contributed by atoms with Gasteiger partial charge in [-0.25, -0.2) is 0 Å². The van der Waals surface area contributed by atoms with Crippen LogP contribution in [0, 0.1) is 0 Å². The Morgan fingerprint density at radius 2 is 1.73 bits per heavy atom. The van der Waals surface area contributed by atoms with Crippen LogP contribution in [-0.2, 0) is 14.8 Å². The second-order valence-electron chi connectivity index (χ2n) is 2.96. The molecular weight excluding hydrogens is 218 g/mol. The first kappa shape index (κ1) is 9.88. The molecule has 0 saturated heterocycles. The van der Waals surface area contributed by atoms with E-state index in [4.69, 9.17) is 5.21 Å². The highest BCUT2D eigenvalue weighted by Gasteiger charge is 2.37. The topological polar surface area (TPSA) is 74.7 Å². The van der Waals surface area contributed by atoms with Gasteiger partial charge in [0, 0.05) is 6.08 Å². The zero-order valence-corrected chi connectivity index (χ0v) is 8.31. The summed E-state index contributed by atoms with van der Waals surface area (Å²) >= 11 is 0. The van der Waals surface area contributed by atoms with Crippen molar-refractivity contribution in [1.29, 1.82) is 0 Å². The molecule has 0 radical (unpaired) electrons. The summed E-state index contributed by atoms with van der Waals surface area (Å²) in [6.07, 6.45) is 0.894. The van der Waals surface area contributed by atoms with E-state index in [-0.39, 0.29) is 9.37 Å². The number of carbonyl (C=O) groups excluding carboxylic acids is 1. The van der Waals surface area contributed by atoms with Crippen molar-refractivity contribution in [1.82, 2.24) is 4.47 Å². The number of sulfonamides is 1. The van der Waals surface area contributed by atoms with Crippen molar-refractivity contribution < 1.29 is 18.4 Å². The SMILES string of the molecule is O=C1C=C(c2ccccc2)S(=O)(=O)N1O. The van der Waals surface area contributed by atoms with Crippen LogP contribution in [0.2, 0.25) is 0 Å². The third-order valence-electron chi connectivity index (χ3n) is 2.01. The highest BCUT2D eigenvalue weighted by Crippen LogP contribution is 2.28. The Labute approximate surface area is 86.3 Å². The van der Waals surface area contributed by atoms with Crippen LogP contribution in [0.3, 0.4) is 0 Å². The Morgan fingerprint density at radius 3 is 2.20 bits per heavy atom. The monoisotopic (exact) mass is 225 g/mol. The van der Waals surface area contributed by atoms with Crippen LogP contribution in [0.25, 0.3) is 4.91 Å². The molecule has 1 aliphatic heterocycles. The van der Waals surface area contributed by atoms with E-state index in [2.05, 4.69) is 0 Å². The quantitative estimate of drug-likeness (QED) is 0.710. The molecule has 1 N–H and O–H groups in total. The summed E-state index contributed by atoms with van der Waals surface area (Å²) in [6.45, 7) is 0. The minimum absolute atomic E-state index is 0.185. The third-order valence-corrected chi connectivity index (χ3v) is 3.55. The number of benzene rings is 1. The predicted molar refractivity (Wildman–Crippen MR) is 52.0 cm³/mol. The van der Waals surface area contributed by atoms with Gasteiger partial charge in [0.1, 0.15) is 4.91 Å². The van der Waals surface area contributed by atoms with Crippen LogP contribution >= 0.6 is 0 Å². The standard InChI is InChI=1S/C9H7NO4S/c11-9-6-8(15(13,14)10(9)12)7-4-2-1-3-5-7/h1-6,12H. The number of hydroxylamine groups is 1. The van der Waals surface area contributed by atoms with E-state index in [1.54, 1.807) is 30.3 Å². The molecule has 15 heavy (non-hydrogen) atoms. The fraction of sp³-hybridized carbons (Fsp3) is 0. The Morgan fingerprint density at radius 1 is 1.13 bits per heavy atom. The highest BCUT2D eigenvalue weighted by atomic mass is 32.2. The largest absolute Gasteiger partial charge is 0.290 e. The summed E-state index contributed by atoms with van der Waals surface area (Å²) < 4.78 is 22.7. The molecule has 5 nitrogen and oxygen atoms in total. The zero-order valence-electron chi connectivity index (χ0n) is 7.49. The van der Waals surface area contributed by atoms with Gasteiger partial charge in [-0.1, -0.05) is 30.3 Å². The van der Waals surface area contributed by atoms with Crippen LogP contribution in [0.5, 0.6) is 0 Å². The summed E-state index contributed by atoms with van der Waals surface area (Å²) in [7, 11) is -4.07. The lowest BCUT2D eigenvalue weighted by atomic mass is 10.2. The van der Waals surface area contributed by atoms with Gasteiger partial charge in [-0.3, -0.25) is 10.0 Å². The maximum Gasteiger partial charge on any atom is 0.290 e. The molecule has 1 heterocycles. The van der Waals surface area contributed by atoms with E-state index in [0.717, 1.165) is 6.08 Å². The predicted octanol–water partition coefficient (Wildman–Crippen LogP) is 0.589. The van der Waals surface area contributed by atoms with Crippen molar-refractivity contribution in [3.63, 3.8) is 0 Å². The Balaban J connectivity index is 2.58. The van der Waals surface area contributed by atoms with E-state index in [1.807, 2.05) is 0 Å². The molecule has 0 unspecified atom stereocenters. The van der Waals surface area contributed by atoms with Crippen LogP contribution in [0.4, 0.5) is 0 Å². The van der Waals surface area contributed by atoms with Crippen LogP contribution in [0.15, 0.2) is 36.4 Å². The van der Waals surface area contributed by atoms with Crippen molar-refractivity contribution in [3.8, 4) is 0 Å². The summed E-state index contributed by atoms with van der Waals surface area (Å²) in [4.78, 5) is 10.8.